The summed E-state index contributed by atoms with van der Waals surface area (Å²) in [5.41, 5.74) is 3.58. The van der Waals surface area contributed by atoms with Crippen molar-refractivity contribution in [1.29, 1.82) is 0 Å². The maximum absolute atomic E-state index is 5.43. The van der Waals surface area contributed by atoms with Crippen LogP contribution in [0.3, 0.4) is 0 Å². The molecule has 2 aliphatic heterocycles. The highest BCUT2D eigenvalue weighted by molar-refractivity contribution is 5.49. The highest BCUT2D eigenvalue weighted by atomic mass is 16.5. The number of hydrogen-bond donors (Lipinski definition) is 1. The summed E-state index contributed by atoms with van der Waals surface area (Å²) in [6.45, 7) is 3.53. The molecule has 22 heavy (non-hydrogen) atoms. The molecule has 1 aromatic heterocycles. The maximum atomic E-state index is 5.43. The Balaban J connectivity index is 1.38. The summed E-state index contributed by atoms with van der Waals surface area (Å²) in [6, 6.07) is 6.29. The predicted octanol–water partition coefficient (Wildman–Crippen LogP) is 2.61. The lowest BCUT2D eigenvalue weighted by molar-refractivity contribution is 0.0778. The van der Waals surface area contributed by atoms with Gasteiger partial charge in [-0.2, -0.15) is 4.98 Å². The molecule has 2 aliphatic rings. The van der Waals surface area contributed by atoms with Crippen molar-refractivity contribution >= 4 is 5.69 Å². The lowest BCUT2D eigenvalue weighted by Crippen LogP contribution is -2.14. The van der Waals surface area contributed by atoms with Gasteiger partial charge in [-0.05, 0) is 36.1 Å². The number of nitrogens with one attached hydrogen (secondary N) is 1. The topological polar surface area (TPSA) is 69.4 Å². The zero-order chi connectivity index (χ0) is 14.8. The average Bonchev–Trinajstić information content (AvgIpc) is 3.22. The van der Waals surface area contributed by atoms with E-state index in [4.69, 9.17) is 14.0 Å². The van der Waals surface area contributed by atoms with Gasteiger partial charge in [-0.3, -0.25) is 0 Å². The molecule has 0 radical (unpaired) electrons. The van der Waals surface area contributed by atoms with Gasteiger partial charge in [-0.25, -0.2) is 0 Å². The molecule has 0 amide bonds. The van der Waals surface area contributed by atoms with Crippen LogP contribution in [0.4, 0.5) is 5.69 Å². The molecule has 1 saturated heterocycles. The van der Waals surface area contributed by atoms with Gasteiger partial charge in [-0.1, -0.05) is 11.2 Å². The molecule has 0 atom stereocenters. The minimum atomic E-state index is 0.340. The number of fused-ring (bicyclic) bond motifs is 1. The molecule has 2 aromatic rings. The van der Waals surface area contributed by atoms with Crippen LogP contribution >= 0.6 is 0 Å². The van der Waals surface area contributed by atoms with Gasteiger partial charge in [0.05, 0.1) is 19.8 Å². The summed E-state index contributed by atoms with van der Waals surface area (Å²) in [7, 11) is 0. The van der Waals surface area contributed by atoms with Crippen LogP contribution in [0.25, 0.3) is 0 Å². The van der Waals surface area contributed by atoms with Crippen molar-refractivity contribution in [2.24, 2.45) is 0 Å². The zero-order valence-corrected chi connectivity index (χ0v) is 12.4. The quantitative estimate of drug-likeness (QED) is 0.936. The Hall–Kier alpha value is -1.92. The predicted molar refractivity (Wildman–Crippen MR) is 79.4 cm³/mol. The minimum Gasteiger partial charge on any atom is -0.381 e. The first-order chi connectivity index (χ1) is 10.9. The van der Waals surface area contributed by atoms with Gasteiger partial charge in [0.1, 0.15) is 0 Å². The van der Waals surface area contributed by atoms with E-state index in [9.17, 15) is 0 Å². The van der Waals surface area contributed by atoms with Crippen LogP contribution in [0.5, 0.6) is 0 Å². The number of benzene rings is 1. The summed E-state index contributed by atoms with van der Waals surface area (Å²) >= 11 is 0. The lowest BCUT2D eigenvalue weighted by atomic mass is 10.0. The third-order valence-corrected chi connectivity index (χ3v) is 4.23. The molecule has 116 valence electrons. The van der Waals surface area contributed by atoms with Crippen LogP contribution in [0, 0.1) is 0 Å². The van der Waals surface area contributed by atoms with E-state index in [1.54, 1.807) is 0 Å². The molecule has 0 bridgehead atoms. The Kier molecular flexibility index (Phi) is 3.78. The van der Waals surface area contributed by atoms with Crippen LogP contribution in [-0.4, -0.2) is 23.4 Å². The van der Waals surface area contributed by atoms with Crippen molar-refractivity contribution in [3.63, 3.8) is 0 Å². The molecule has 6 heteroatoms. The van der Waals surface area contributed by atoms with E-state index in [1.165, 1.54) is 11.1 Å². The Labute approximate surface area is 128 Å². The smallest absolute Gasteiger partial charge is 0.229 e. The van der Waals surface area contributed by atoms with Gasteiger partial charge in [0.2, 0.25) is 5.89 Å². The molecule has 0 aliphatic carbocycles. The molecule has 1 aromatic carbocycles. The van der Waals surface area contributed by atoms with E-state index in [0.29, 0.717) is 24.9 Å². The van der Waals surface area contributed by atoms with E-state index < -0.39 is 0 Å². The number of rotatable bonds is 4. The number of nitrogens with zero attached hydrogens (tertiary/aromatic N) is 2. The van der Waals surface area contributed by atoms with Gasteiger partial charge >= 0.3 is 0 Å². The molecule has 6 nitrogen and oxygen atoms in total. The zero-order valence-electron chi connectivity index (χ0n) is 12.4. The molecule has 0 spiro atoms. The van der Waals surface area contributed by atoms with Crippen molar-refractivity contribution in [3.8, 4) is 0 Å². The first kappa shape index (κ1) is 13.7. The summed E-state index contributed by atoms with van der Waals surface area (Å²) in [5, 5.41) is 7.41. The molecule has 0 saturated carbocycles. The van der Waals surface area contributed by atoms with Crippen LogP contribution in [-0.2, 0) is 29.2 Å². The first-order valence-corrected chi connectivity index (χ1v) is 7.72. The van der Waals surface area contributed by atoms with E-state index in [2.05, 4.69) is 33.7 Å². The van der Waals surface area contributed by atoms with Crippen molar-refractivity contribution in [2.75, 3.05) is 18.5 Å². The normalized spacial score (nSPS) is 18.4. The van der Waals surface area contributed by atoms with Gasteiger partial charge in [0.15, 0.2) is 5.82 Å². The highest BCUT2D eigenvalue weighted by Crippen LogP contribution is 2.26. The van der Waals surface area contributed by atoms with Crippen molar-refractivity contribution in [1.82, 2.24) is 10.1 Å². The molecular weight excluding hydrogens is 282 g/mol. The molecule has 1 fully saturated rings. The highest BCUT2D eigenvalue weighted by Gasteiger charge is 2.21. The molecular formula is C16H19N3O3. The van der Waals surface area contributed by atoms with E-state index >= 15 is 0 Å². The number of anilines is 1. The fraction of sp³-hybridized carbons (Fsp3) is 0.500. The average molecular weight is 301 g/mol. The summed E-state index contributed by atoms with van der Waals surface area (Å²) in [5.74, 6) is 1.77. The number of ether oxygens (including phenoxy) is 2. The summed E-state index contributed by atoms with van der Waals surface area (Å²) in [6.07, 6.45) is 1.92. The molecule has 1 N–H and O–H groups in total. The van der Waals surface area contributed by atoms with E-state index in [0.717, 1.165) is 44.2 Å². The monoisotopic (exact) mass is 301 g/mol. The SMILES string of the molecule is c1cc2c(cc1NCc1noc(C3CCOCC3)n1)COC2. The Morgan fingerprint density at radius 2 is 1.95 bits per heavy atom. The second-order valence-electron chi connectivity index (χ2n) is 5.77. The van der Waals surface area contributed by atoms with Crippen LogP contribution in [0.2, 0.25) is 0 Å². The first-order valence-electron chi connectivity index (χ1n) is 7.72. The van der Waals surface area contributed by atoms with Gasteiger partial charge in [-0.15, -0.1) is 0 Å². The molecule has 3 heterocycles. The van der Waals surface area contributed by atoms with Crippen LogP contribution < -0.4 is 5.32 Å². The van der Waals surface area contributed by atoms with Gasteiger partial charge in [0, 0.05) is 24.8 Å². The van der Waals surface area contributed by atoms with Gasteiger partial charge in [0.25, 0.3) is 0 Å². The Morgan fingerprint density at radius 1 is 1.09 bits per heavy atom. The van der Waals surface area contributed by atoms with Crippen molar-refractivity contribution in [3.05, 3.63) is 41.0 Å². The van der Waals surface area contributed by atoms with E-state index in [1.807, 2.05) is 0 Å². The fourth-order valence-corrected chi connectivity index (χ4v) is 2.91. The Morgan fingerprint density at radius 3 is 2.86 bits per heavy atom. The molecule has 0 unspecified atom stereocenters. The van der Waals surface area contributed by atoms with Crippen molar-refractivity contribution in [2.45, 2.75) is 38.5 Å². The Bertz CT molecular complexity index is 650. The van der Waals surface area contributed by atoms with Crippen molar-refractivity contribution < 1.29 is 14.0 Å². The number of hydrogen-bond acceptors (Lipinski definition) is 6. The van der Waals surface area contributed by atoms with Crippen LogP contribution in [0.1, 0.15) is 41.6 Å². The number of aromatic nitrogens is 2. The fourth-order valence-electron chi connectivity index (χ4n) is 2.91. The lowest BCUT2D eigenvalue weighted by Gasteiger charge is -2.17. The summed E-state index contributed by atoms with van der Waals surface area (Å²) < 4.78 is 16.2. The third-order valence-electron chi connectivity index (χ3n) is 4.23. The molecule has 4 rings (SSSR count). The summed E-state index contributed by atoms with van der Waals surface area (Å²) in [4.78, 5) is 4.50. The maximum Gasteiger partial charge on any atom is 0.229 e. The van der Waals surface area contributed by atoms with Gasteiger partial charge < -0.3 is 19.3 Å². The second kappa shape index (κ2) is 6.06. The third kappa shape index (κ3) is 2.84. The van der Waals surface area contributed by atoms with E-state index in [-0.39, 0.29) is 0 Å². The second-order valence-corrected chi connectivity index (χ2v) is 5.77. The minimum absolute atomic E-state index is 0.340. The standard InChI is InChI=1S/C16H19N3O3/c1-2-14(7-13-10-21-9-12(1)13)17-8-15-18-16(22-19-15)11-3-5-20-6-4-11/h1-2,7,11,17H,3-6,8-10H2. The largest absolute Gasteiger partial charge is 0.381 e. The van der Waals surface area contributed by atoms with Crippen LogP contribution in [0.15, 0.2) is 22.7 Å².